The number of ether oxygens (including phenoxy) is 1. The monoisotopic (exact) mass is 569 g/mol. The molecule has 1 N–H and O–H groups in total. The summed E-state index contributed by atoms with van der Waals surface area (Å²) in [5, 5.41) is 2.79. The van der Waals surface area contributed by atoms with Crippen molar-refractivity contribution >= 4 is 27.5 Å². The highest BCUT2D eigenvalue weighted by Gasteiger charge is 2.30. The molecule has 3 aromatic carbocycles. The van der Waals surface area contributed by atoms with Gasteiger partial charge in [0.05, 0.1) is 11.9 Å². The van der Waals surface area contributed by atoms with Gasteiger partial charge in [0.2, 0.25) is 21.8 Å². The number of halogens is 1. The Hall–Kier alpha value is -3.92. The van der Waals surface area contributed by atoms with Gasteiger partial charge in [-0.15, -0.1) is 0 Å². The van der Waals surface area contributed by atoms with Crippen molar-refractivity contribution in [3.05, 3.63) is 95.8 Å². The molecule has 0 aliphatic rings. The second-order valence-corrected chi connectivity index (χ2v) is 11.4. The highest BCUT2D eigenvalue weighted by Crippen LogP contribution is 2.23. The van der Waals surface area contributed by atoms with Crippen molar-refractivity contribution in [3.8, 4) is 5.75 Å². The minimum absolute atomic E-state index is 0.197. The average molecular weight is 570 g/mol. The van der Waals surface area contributed by atoms with Crippen LogP contribution in [0.2, 0.25) is 0 Å². The lowest BCUT2D eigenvalue weighted by atomic mass is 10.1. The lowest BCUT2D eigenvalue weighted by Gasteiger charge is -2.31. The summed E-state index contributed by atoms with van der Waals surface area (Å²) in [6.07, 6.45) is 2.65. The van der Waals surface area contributed by atoms with Crippen LogP contribution in [0.3, 0.4) is 0 Å². The number of amides is 2. The van der Waals surface area contributed by atoms with E-state index < -0.39 is 40.2 Å². The Balaban J connectivity index is 1.81. The van der Waals surface area contributed by atoms with E-state index >= 15 is 0 Å². The second kappa shape index (κ2) is 14.5. The molecular weight excluding hydrogens is 533 g/mol. The van der Waals surface area contributed by atoms with E-state index in [1.165, 1.54) is 23.1 Å². The number of nitrogens with one attached hydrogen (secondary N) is 1. The molecule has 1 atom stereocenters. The number of rotatable bonds is 14. The van der Waals surface area contributed by atoms with Crippen LogP contribution >= 0.6 is 0 Å². The zero-order valence-corrected chi connectivity index (χ0v) is 23.9. The molecular formula is C30H36FN3O5S. The van der Waals surface area contributed by atoms with Gasteiger partial charge in [-0.2, -0.15) is 0 Å². The molecule has 0 unspecified atom stereocenters. The van der Waals surface area contributed by atoms with E-state index in [9.17, 15) is 22.4 Å². The first kappa shape index (κ1) is 30.6. The Morgan fingerprint density at radius 3 is 2.25 bits per heavy atom. The minimum Gasteiger partial charge on any atom is -0.489 e. The van der Waals surface area contributed by atoms with Crippen LogP contribution in [0, 0.1) is 5.82 Å². The molecule has 10 heteroatoms. The molecule has 40 heavy (non-hydrogen) atoms. The maximum atomic E-state index is 14.5. The number of benzene rings is 3. The van der Waals surface area contributed by atoms with E-state index in [1.54, 1.807) is 37.3 Å². The summed E-state index contributed by atoms with van der Waals surface area (Å²) in [5.74, 6) is -1.03. The largest absolute Gasteiger partial charge is 0.489 e. The first-order valence-corrected chi connectivity index (χ1v) is 15.0. The van der Waals surface area contributed by atoms with Gasteiger partial charge in [-0.1, -0.05) is 61.9 Å². The smallest absolute Gasteiger partial charge is 0.244 e. The van der Waals surface area contributed by atoms with E-state index in [0.717, 1.165) is 29.0 Å². The summed E-state index contributed by atoms with van der Waals surface area (Å²) in [6, 6.07) is 21.0. The second-order valence-electron chi connectivity index (χ2n) is 9.47. The third kappa shape index (κ3) is 8.81. The maximum Gasteiger partial charge on any atom is 0.244 e. The van der Waals surface area contributed by atoms with Crippen LogP contribution in [0.25, 0.3) is 0 Å². The molecule has 214 valence electrons. The first-order chi connectivity index (χ1) is 19.1. The molecule has 0 aliphatic carbocycles. The van der Waals surface area contributed by atoms with Crippen LogP contribution in [-0.2, 0) is 32.8 Å². The van der Waals surface area contributed by atoms with Gasteiger partial charge in [-0.05, 0) is 49.2 Å². The van der Waals surface area contributed by atoms with Crippen molar-refractivity contribution in [3.63, 3.8) is 0 Å². The van der Waals surface area contributed by atoms with Crippen LogP contribution in [0.4, 0.5) is 10.1 Å². The van der Waals surface area contributed by atoms with E-state index in [-0.39, 0.29) is 17.8 Å². The molecule has 0 heterocycles. The summed E-state index contributed by atoms with van der Waals surface area (Å²) in [7, 11) is -3.89. The van der Waals surface area contributed by atoms with Gasteiger partial charge in [0.25, 0.3) is 0 Å². The van der Waals surface area contributed by atoms with Gasteiger partial charge >= 0.3 is 0 Å². The van der Waals surface area contributed by atoms with Crippen LogP contribution in [0.15, 0.2) is 78.9 Å². The zero-order valence-electron chi connectivity index (χ0n) is 23.0. The van der Waals surface area contributed by atoms with E-state index in [0.29, 0.717) is 18.9 Å². The molecule has 3 aromatic rings. The van der Waals surface area contributed by atoms with Crippen molar-refractivity contribution in [1.29, 1.82) is 0 Å². The third-order valence-electron chi connectivity index (χ3n) is 6.35. The molecule has 2 amide bonds. The fraction of sp³-hybridized carbons (Fsp3) is 0.333. The molecule has 0 radical (unpaired) electrons. The molecule has 0 aromatic heterocycles. The fourth-order valence-electron chi connectivity index (χ4n) is 3.99. The van der Waals surface area contributed by atoms with Gasteiger partial charge in [0, 0.05) is 18.7 Å². The van der Waals surface area contributed by atoms with Gasteiger partial charge in [-0.25, -0.2) is 12.8 Å². The summed E-state index contributed by atoms with van der Waals surface area (Å²) < 4.78 is 46.8. The number of hydrogen-bond donors (Lipinski definition) is 1. The summed E-state index contributed by atoms with van der Waals surface area (Å²) in [6.45, 7) is 3.56. The SMILES string of the molecule is CCCCNC(=O)[C@@H](C)N(Cc1ccccc1F)C(=O)CN(c1ccc(OCc2ccccc2)cc1)S(C)(=O)=O. The van der Waals surface area contributed by atoms with Crippen molar-refractivity contribution in [1.82, 2.24) is 10.2 Å². The normalized spacial score (nSPS) is 11.9. The number of unbranched alkanes of at least 4 members (excludes halogenated alkanes) is 1. The predicted molar refractivity (Wildman–Crippen MR) is 154 cm³/mol. The lowest BCUT2D eigenvalue weighted by Crippen LogP contribution is -2.51. The molecule has 0 saturated carbocycles. The quantitative estimate of drug-likeness (QED) is 0.289. The van der Waals surface area contributed by atoms with E-state index in [2.05, 4.69) is 5.32 Å². The molecule has 0 saturated heterocycles. The van der Waals surface area contributed by atoms with Crippen LogP contribution in [0.5, 0.6) is 5.75 Å². The number of carbonyl (C=O) groups is 2. The molecule has 0 aliphatic heterocycles. The zero-order chi connectivity index (χ0) is 29.1. The Labute approximate surface area is 235 Å². The molecule has 3 rings (SSSR count). The number of sulfonamides is 1. The van der Waals surface area contributed by atoms with Crippen LogP contribution in [-0.4, -0.2) is 50.5 Å². The van der Waals surface area contributed by atoms with Crippen molar-refractivity contribution in [2.75, 3.05) is 23.7 Å². The topological polar surface area (TPSA) is 96.0 Å². The number of hydrogen-bond acceptors (Lipinski definition) is 5. The van der Waals surface area contributed by atoms with Gasteiger partial charge < -0.3 is 15.0 Å². The Kier molecular flexibility index (Phi) is 11.1. The van der Waals surface area contributed by atoms with E-state index in [1.807, 2.05) is 37.3 Å². The van der Waals surface area contributed by atoms with Gasteiger partial charge in [0.15, 0.2) is 0 Å². The highest BCUT2D eigenvalue weighted by atomic mass is 32.2. The highest BCUT2D eigenvalue weighted by molar-refractivity contribution is 7.92. The lowest BCUT2D eigenvalue weighted by molar-refractivity contribution is -0.139. The van der Waals surface area contributed by atoms with E-state index in [4.69, 9.17) is 4.74 Å². The summed E-state index contributed by atoms with van der Waals surface area (Å²) >= 11 is 0. The number of nitrogens with zero attached hydrogens (tertiary/aromatic N) is 2. The van der Waals surface area contributed by atoms with Gasteiger partial charge in [0.1, 0.15) is 30.8 Å². The van der Waals surface area contributed by atoms with Crippen molar-refractivity contribution in [2.24, 2.45) is 0 Å². The van der Waals surface area contributed by atoms with Crippen molar-refractivity contribution < 1.29 is 27.1 Å². The predicted octanol–water partition coefficient (Wildman–Crippen LogP) is 4.50. The van der Waals surface area contributed by atoms with Crippen LogP contribution < -0.4 is 14.4 Å². The standard InChI is InChI=1S/C30H36FN3O5S/c1-4-5-19-32-30(36)23(2)33(20-25-13-9-10-14-28(25)31)29(35)21-34(40(3,37)38)26-15-17-27(18-16-26)39-22-24-11-7-6-8-12-24/h6-18,23H,4-5,19-22H2,1-3H3,(H,32,36)/t23-/m1/s1. The summed E-state index contributed by atoms with van der Waals surface area (Å²) in [4.78, 5) is 27.6. The molecule has 0 bridgehead atoms. The molecule has 0 spiro atoms. The third-order valence-corrected chi connectivity index (χ3v) is 7.49. The Morgan fingerprint density at radius 2 is 1.62 bits per heavy atom. The van der Waals surface area contributed by atoms with Crippen LogP contribution in [0.1, 0.15) is 37.8 Å². The van der Waals surface area contributed by atoms with Crippen molar-refractivity contribution in [2.45, 2.75) is 45.9 Å². The van der Waals surface area contributed by atoms with Gasteiger partial charge in [-0.3, -0.25) is 13.9 Å². The molecule has 0 fully saturated rings. The first-order valence-electron chi connectivity index (χ1n) is 13.1. The Bertz CT molecular complexity index is 1370. The average Bonchev–Trinajstić information content (AvgIpc) is 2.94. The number of carbonyl (C=O) groups excluding carboxylic acids is 2. The Morgan fingerprint density at radius 1 is 0.975 bits per heavy atom. The fourth-order valence-corrected chi connectivity index (χ4v) is 4.84. The molecule has 8 nitrogen and oxygen atoms in total. The number of anilines is 1. The maximum absolute atomic E-state index is 14.5. The minimum atomic E-state index is -3.89. The summed E-state index contributed by atoms with van der Waals surface area (Å²) in [5.41, 5.74) is 1.46.